The van der Waals surface area contributed by atoms with E-state index in [4.69, 9.17) is 4.74 Å². The van der Waals surface area contributed by atoms with Gasteiger partial charge in [0, 0.05) is 12.0 Å². The molecule has 4 heteroatoms. The zero-order chi connectivity index (χ0) is 14.1. The second kappa shape index (κ2) is 8.29. The molecular weight excluding hydrogens is 244 g/mol. The van der Waals surface area contributed by atoms with Crippen LogP contribution in [0.2, 0.25) is 0 Å². The highest BCUT2D eigenvalue weighted by molar-refractivity contribution is 5.94. The zero-order valence-electron chi connectivity index (χ0n) is 11.5. The van der Waals surface area contributed by atoms with Crippen LogP contribution in [0.4, 0.5) is 0 Å². The summed E-state index contributed by atoms with van der Waals surface area (Å²) in [6.45, 7) is 2.15. The number of hydrogen-bond donors (Lipinski definition) is 0. The first-order valence-corrected chi connectivity index (χ1v) is 6.44. The zero-order valence-corrected chi connectivity index (χ0v) is 11.5. The third-order valence-corrected chi connectivity index (χ3v) is 2.78. The summed E-state index contributed by atoms with van der Waals surface area (Å²) in [7, 11) is 1.40. The van der Waals surface area contributed by atoms with E-state index in [1.54, 1.807) is 24.3 Å². The summed E-state index contributed by atoms with van der Waals surface area (Å²) in [6.07, 6.45) is 3.11. The molecule has 104 valence electrons. The van der Waals surface area contributed by atoms with E-state index in [0.29, 0.717) is 18.6 Å². The summed E-state index contributed by atoms with van der Waals surface area (Å²) < 4.78 is 10.1. The summed E-state index contributed by atoms with van der Waals surface area (Å²) in [6, 6.07) is 7.11. The number of ketones is 1. The lowest BCUT2D eigenvalue weighted by Crippen LogP contribution is -2.01. The van der Waals surface area contributed by atoms with Crippen molar-refractivity contribution in [3.05, 3.63) is 29.8 Å². The van der Waals surface area contributed by atoms with Gasteiger partial charge in [-0.3, -0.25) is 9.59 Å². The number of Topliss-reactive ketones (excluding diaryl/α,β-unsaturated/α-hetero) is 1. The highest BCUT2D eigenvalue weighted by atomic mass is 16.5. The number of unbranched alkanes of at least 4 members (excludes halogenated alkanes) is 2. The van der Waals surface area contributed by atoms with Crippen molar-refractivity contribution in [2.24, 2.45) is 0 Å². The third kappa shape index (κ3) is 6.04. The Bertz CT molecular complexity index is 409. The molecule has 0 saturated heterocycles. The van der Waals surface area contributed by atoms with Crippen molar-refractivity contribution in [2.75, 3.05) is 13.7 Å². The Morgan fingerprint density at radius 2 is 1.74 bits per heavy atom. The summed E-state index contributed by atoms with van der Waals surface area (Å²) in [5, 5.41) is 0. The number of rotatable bonds is 8. The van der Waals surface area contributed by atoms with Crippen LogP contribution in [0.15, 0.2) is 24.3 Å². The van der Waals surface area contributed by atoms with E-state index in [0.717, 1.165) is 25.0 Å². The lowest BCUT2D eigenvalue weighted by atomic mass is 10.1. The van der Waals surface area contributed by atoms with Crippen molar-refractivity contribution in [1.29, 1.82) is 0 Å². The van der Waals surface area contributed by atoms with Crippen LogP contribution in [0.1, 0.15) is 43.0 Å². The minimum atomic E-state index is -0.166. The number of carbonyl (C=O) groups is 2. The lowest BCUT2D eigenvalue weighted by molar-refractivity contribution is -0.140. The highest BCUT2D eigenvalue weighted by Crippen LogP contribution is 2.13. The summed E-state index contributed by atoms with van der Waals surface area (Å²) in [5.41, 5.74) is 0.686. The Morgan fingerprint density at radius 1 is 1.05 bits per heavy atom. The number of ether oxygens (including phenoxy) is 2. The number of esters is 1. The molecule has 4 nitrogen and oxygen atoms in total. The summed E-state index contributed by atoms with van der Waals surface area (Å²) >= 11 is 0. The van der Waals surface area contributed by atoms with Gasteiger partial charge in [-0.2, -0.15) is 0 Å². The predicted molar refractivity (Wildman–Crippen MR) is 72.4 cm³/mol. The van der Waals surface area contributed by atoms with Crippen LogP contribution in [0, 0.1) is 0 Å². The quantitative estimate of drug-likeness (QED) is 0.411. The fraction of sp³-hybridized carbons (Fsp3) is 0.467. The minimum Gasteiger partial charge on any atom is -0.494 e. The number of hydrogen-bond acceptors (Lipinski definition) is 4. The maximum atomic E-state index is 11.1. The molecule has 0 amide bonds. The second-order valence-electron chi connectivity index (χ2n) is 4.32. The molecule has 19 heavy (non-hydrogen) atoms. The molecule has 0 radical (unpaired) electrons. The van der Waals surface area contributed by atoms with Crippen molar-refractivity contribution in [2.45, 2.75) is 32.6 Å². The predicted octanol–water partition coefficient (Wildman–Crippen LogP) is 3.00. The van der Waals surface area contributed by atoms with Gasteiger partial charge >= 0.3 is 5.97 Å². The average molecular weight is 264 g/mol. The third-order valence-electron chi connectivity index (χ3n) is 2.78. The molecule has 0 unspecified atom stereocenters. The standard InChI is InChI=1S/C15H20O4/c1-12(16)13-7-9-14(10-8-13)19-11-5-3-4-6-15(17)18-2/h7-10H,3-6,11H2,1-2H3. The monoisotopic (exact) mass is 264 g/mol. The smallest absolute Gasteiger partial charge is 0.305 e. The Morgan fingerprint density at radius 3 is 2.32 bits per heavy atom. The molecule has 0 aliphatic carbocycles. The van der Waals surface area contributed by atoms with E-state index < -0.39 is 0 Å². The van der Waals surface area contributed by atoms with Crippen LogP contribution in [0.3, 0.4) is 0 Å². The number of benzene rings is 1. The molecule has 0 spiro atoms. The summed E-state index contributed by atoms with van der Waals surface area (Å²) in [4.78, 5) is 22.0. The number of methoxy groups -OCH3 is 1. The number of carbonyl (C=O) groups excluding carboxylic acids is 2. The van der Waals surface area contributed by atoms with Crippen LogP contribution < -0.4 is 4.74 Å². The molecule has 1 aromatic rings. The average Bonchev–Trinajstić information content (AvgIpc) is 2.42. The minimum absolute atomic E-state index is 0.0503. The van der Waals surface area contributed by atoms with Crippen LogP contribution in [0.5, 0.6) is 5.75 Å². The first-order valence-electron chi connectivity index (χ1n) is 6.44. The van der Waals surface area contributed by atoms with E-state index in [2.05, 4.69) is 4.74 Å². The second-order valence-corrected chi connectivity index (χ2v) is 4.32. The van der Waals surface area contributed by atoms with Gasteiger partial charge in [0.25, 0.3) is 0 Å². The van der Waals surface area contributed by atoms with Crippen LogP contribution in [-0.2, 0) is 9.53 Å². The van der Waals surface area contributed by atoms with Crippen molar-refractivity contribution in [1.82, 2.24) is 0 Å². The van der Waals surface area contributed by atoms with Gasteiger partial charge in [-0.1, -0.05) is 0 Å². The van der Waals surface area contributed by atoms with Gasteiger partial charge in [-0.15, -0.1) is 0 Å². The molecule has 0 atom stereocenters. The first-order chi connectivity index (χ1) is 9.13. The Kier molecular flexibility index (Phi) is 6.64. The van der Waals surface area contributed by atoms with Crippen LogP contribution in [0.25, 0.3) is 0 Å². The van der Waals surface area contributed by atoms with E-state index >= 15 is 0 Å². The lowest BCUT2D eigenvalue weighted by Gasteiger charge is -2.06. The molecule has 1 aromatic carbocycles. The fourth-order valence-corrected chi connectivity index (χ4v) is 1.63. The molecule has 0 saturated carbocycles. The topological polar surface area (TPSA) is 52.6 Å². The van der Waals surface area contributed by atoms with Crippen LogP contribution in [-0.4, -0.2) is 25.5 Å². The molecule has 0 aliphatic heterocycles. The van der Waals surface area contributed by atoms with Crippen molar-refractivity contribution in [3.8, 4) is 5.75 Å². The SMILES string of the molecule is COC(=O)CCCCCOc1ccc(C(C)=O)cc1. The summed E-state index contributed by atoms with van der Waals surface area (Å²) in [5.74, 6) is 0.646. The van der Waals surface area contributed by atoms with Gasteiger partial charge in [-0.25, -0.2) is 0 Å². The molecule has 0 fully saturated rings. The van der Waals surface area contributed by atoms with Gasteiger partial charge in [0.15, 0.2) is 5.78 Å². The van der Waals surface area contributed by atoms with E-state index in [-0.39, 0.29) is 11.8 Å². The maximum absolute atomic E-state index is 11.1. The molecule has 0 aromatic heterocycles. The Hall–Kier alpha value is -1.84. The molecule has 1 rings (SSSR count). The molecule has 0 aliphatic rings. The van der Waals surface area contributed by atoms with Gasteiger partial charge < -0.3 is 9.47 Å². The Balaban J connectivity index is 2.15. The van der Waals surface area contributed by atoms with Gasteiger partial charge in [-0.05, 0) is 50.5 Å². The van der Waals surface area contributed by atoms with E-state index in [1.807, 2.05) is 0 Å². The van der Waals surface area contributed by atoms with E-state index in [9.17, 15) is 9.59 Å². The largest absolute Gasteiger partial charge is 0.494 e. The molecule has 0 N–H and O–H groups in total. The van der Waals surface area contributed by atoms with Gasteiger partial charge in [0.2, 0.25) is 0 Å². The fourth-order valence-electron chi connectivity index (χ4n) is 1.63. The van der Waals surface area contributed by atoms with Crippen molar-refractivity contribution >= 4 is 11.8 Å². The molecule has 0 heterocycles. The normalized spacial score (nSPS) is 10.0. The van der Waals surface area contributed by atoms with Gasteiger partial charge in [0.1, 0.15) is 5.75 Å². The van der Waals surface area contributed by atoms with Crippen molar-refractivity contribution < 1.29 is 19.1 Å². The Labute approximate surface area is 113 Å². The highest BCUT2D eigenvalue weighted by Gasteiger charge is 2.01. The van der Waals surface area contributed by atoms with Crippen molar-refractivity contribution in [3.63, 3.8) is 0 Å². The van der Waals surface area contributed by atoms with E-state index in [1.165, 1.54) is 14.0 Å². The molecule has 0 bridgehead atoms. The van der Waals surface area contributed by atoms with Gasteiger partial charge in [0.05, 0.1) is 13.7 Å². The van der Waals surface area contributed by atoms with Crippen LogP contribution >= 0.6 is 0 Å². The maximum Gasteiger partial charge on any atom is 0.305 e. The first kappa shape index (κ1) is 15.2. The molecular formula is C15H20O4.